The summed E-state index contributed by atoms with van der Waals surface area (Å²) in [4.78, 5) is 30.8. The van der Waals surface area contributed by atoms with Gasteiger partial charge < -0.3 is 14.8 Å². The summed E-state index contributed by atoms with van der Waals surface area (Å²) < 4.78 is 15.9. The molecule has 1 unspecified atom stereocenters. The van der Waals surface area contributed by atoms with Crippen LogP contribution in [0.1, 0.15) is 35.7 Å². The van der Waals surface area contributed by atoms with Gasteiger partial charge in [0.2, 0.25) is 5.91 Å². The maximum Gasteiger partial charge on any atom is 0.322 e. The standard InChI is InChI=1S/C30H26ClFN4O2/c1-19-8-13-22(17-24(19)31)33-30(38)35(23-14-15-23)18-28(37)36-26-6-3-2-5-25(26)34-16-4-7-27(34)29(36)20-9-11-21(32)12-10-20/h2-13,16-17,23,29H,14-15,18H2,1H3,(H,33,38). The minimum atomic E-state index is -0.479. The van der Waals surface area contributed by atoms with E-state index in [9.17, 15) is 14.0 Å². The minimum Gasteiger partial charge on any atom is -0.316 e. The van der Waals surface area contributed by atoms with Gasteiger partial charge in [0, 0.05) is 22.9 Å². The number of anilines is 2. The van der Waals surface area contributed by atoms with E-state index >= 15 is 0 Å². The van der Waals surface area contributed by atoms with Crippen LogP contribution in [-0.4, -0.2) is 34.0 Å². The number of amides is 3. The molecule has 1 aliphatic carbocycles. The Morgan fingerprint density at radius 1 is 1.00 bits per heavy atom. The van der Waals surface area contributed by atoms with E-state index in [1.165, 1.54) is 12.1 Å². The van der Waals surface area contributed by atoms with E-state index in [2.05, 4.69) is 9.88 Å². The third-order valence-corrected chi connectivity index (χ3v) is 7.56. The molecule has 0 bridgehead atoms. The highest BCUT2D eigenvalue weighted by molar-refractivity contribution is 6.31. The van der Waals surface area contributed by atoms with Gasteiger partial charge in [0.25, 0.3) is 0 Å². The number of nitrogens with one attached hydrogen (secondary N) is 1. The first-order chi connectivity index (χ1) is 18.4. The Morgan fingerprint density at radius 3 is 2.45 bits per heavy atom. The molecule has 38 heavy (non-hydrogen) atoms. The fourth-order valence-corrected chi connectivity index (χ4v) is 5.24. The van der Waals surface area contributed by atoms with Crippen LogP contribution in [0.25, 0.3) is 5.69 Å². The van der Waals surface area contributed by atoms with Crippen molar-refractivity contribution in [2.75, 3.05) is 16.8 Å². The van der Waals surface area contributed by atoms with Gasteiger partial charge in [0.05, 0.1) is 17.1 Å². The normalized spacial score (nSPS) is 16.0. The molecule has 1 N–H and O–H groups in total. The third kappa shape index (κ3) is 4.43. The quantitative estimate of drug-likeness (QED) is 0.313. The van der Waals surface area contributed by atoms with Crippen molar-refractivity contribution in [3.8, 4) is 5.69 Å². The van der Waals surface area contributed by atoms with Crippen molar-refractivity contribution < 1.29 is 14.0 Å². The van der Waals surface area contributed by atoms with Crippen molar-refractivity contribution >= 4 is 34.9 Å². The molecule has 1 fully saturated rings. The van der Waals surface area contributed by atoms with Crippen LogP contribution in [-0.2, 0) is 4.79 Å². The topological polar surface area (TPSA) is 57.6 Å². The molecule has 192 valence electrons. The lowest BCUT2D eigenvalue weighted by Gasteiger charge is -2.39. The highest BCUT2D eigenvalue weighted by atomic mass is 35.5. The number of halogens is 2. The Labute approximate surface area is 225 Å². The molecule has 0 saturated heterocycles. The molecule has 2 heterocycles. The largest absolute Gasteiger partial charge is 0.322 e. The summed E-state index contributed by atoms with van der Waals surface area (Å²) in [6, 6.07) is 22.3. The average molecular weight is 529 g/mol. The number of hydrogen-bond acceptors (Lipinski definition) is 2. The molecule has 6 rings (SSSR count). The molecule has 1 aromatic heterocycles. The second-order valence-corrected chi connectivity index (χ2v) is 10.2. The molecule has 1 saturated carbocycles. The molecule has 1 atom stereocenters. The summed E-state index contributed by atoms with van der Waals surface area (Å²) >= 11 is 6.25. The van der Waals surface area contributed by atoms with Crippen LogP contribution in [0.5, 0.6) is 0 Å². The van der Waals surface area contributed by atoms with E-state index in [1.54, 1.807) is 34.1 Å². The molecule has 3 amide bonds. The maximum atomic E-state index is 14.1. The number of nitrogens with zero attached hydrogens (tertiary/aromatic N) is 3. The summed E-state index contributed by atoms with van der Waals surface area (Å²) in [5, 5.41) is 3.47. The van der Waals surface area contributed by atoms with Crippen molar-refractivity contribution in [3.63, 3.8) is 0 Å². The van der Waals surface area contributed by atoms with E-state index in [4.69, 9.17) is 11.6 Å². The van der Waals surface area contributed by atoms with Gasteiger partial charge >= 0.3 is 6.03 Å². The Kier molecular flexibility index (Phi) is 6.16. The lowest BCUT2D eigenvalue weighted by Crippen LogP contribution is -2.48. The number of carbonyl (C=O) groups is 2. The first kappa shape index (κ1) is 24.2. The van der Waals surface area contributed by atoms with Gasteiger partial charge in [-0.1, -0.05) is 41.9 Å². The number of rotatable bonds is 5. The zero-order chi connectivity index (χ0) is 26.4. The number of carbonyl (C=O) groups excluding carboxylic acids is 2. The van der Waals surface area contributed by atoms with Crippen LogP contribution in [0.4, 0.5) is 20.6 Å². The van der Waals surface area contributed by atoms with Crippen LogP contribution in [0.2, 0.25) is 5.02 Å². The minimum absolute atomic E-state index is 0.00645. The molecule has 3 aromatic carbocycles. The second kappa shape index (κ2) is 9.65. The summed E-state index contributed by atoms with van der Waals surface area (Å²) in [7, 11) is 0. The lowest BCUT2D eigenvalue weighted by molar-refractivity contribution is -0.119. The number of aromatic nitrogens is 1. The molecule has 4 aromatic rings. The van der Waals surface area contributed by atoms with Crippen LogP contribution in [0, 0.1) is 12.7 Å². The molecule has 6 nitrogen and oxygen atoms in total. The van der Waals surface area contributed by atoms with Gasteiger partial charge in [-0.25, -0.2) is 9.18 Å². The van der Waals surface area contributed by atoms with Gasteiger partial charge in [0.15, 0.2) is 0 Å². The Hall–Kier alpha value is -4.10. The number of hydrogen-bond donors (Lipinski definition) is 1. The maximum absolute atomic E-state index is 14.1. The molecule has 8 heteroatoms. The molecule has 1 aliphatic heterocycles. The predicted molar refractivity (Wildman–Crippen MR) is 146 cm³/mol. The first-order valence-corrected chi connectivity index (χ1v) is 13.0. The molecule has 0 spiro atoms. The lowest BCUT2D eigenvalue weighted by atomic mass is 9.97. The highest BCUT2D eigenvalue weighted by Crippen LogP contribution is 2.42. The summed E-state index contributed by atoms with van der Waals surface area (Å²) in [6.45, 7) is 1.80. The van der Waals surface area contributed by atoms with Gasteiger partial charge in [-0.2, -0.15) is 0 Å². The van der Waals surface area contributed by atoms with Crippen molar-refractivity contribution in [1.29, 1.82) is 0 Å². The number of fused-ring (bicyclic) bond motifs is 3. The Morgan fingerprint density at radius 2 is 1.74 bits per heavy atom. The number of aryl methyl sites for hydroxylation is 1. The fourth-order valence-electron chi connectivity index (χ4n) is 5.06. The first-order valence-electron chi connectivity index (χ1n) is 12.6. The zero-order valence-electron chi connectivity index (χ0n) is 20.8. The van der Waals surface area contributed by atoms with Gasteiger partial charge in [-0.3, -0.25) is 9.69 Å². The van der Waals surface area contributed by atoms with Crippen LogP contribution < -0.4 is 10.2 Å². The predicted octanol–water partition coefficient (Wildman–Crippen LogP) is 6.71. The Balaban J connectivity index is 1.35. The molecule has 0 radical (unpaired) electrons. The van der Waals surface area contributed by atoms with E-state index < -0.39 is 6.04 Å². The third-order valence-electron chi connectivity index (χ3n) is 7.15. The van der Waals surface area contributed by atoms with E-state index in [-0.39, 0.29) is 30.3 Å². The fraction of sp³-hybridized carbons (Fsp3) is 0.200. The van der Waals surface area contributed by atoms with E-state index in [1.807, 2.05) is 55.6 Å². The van der Waals surface area contributed by atoms with Gasteiger partial charge in [-0.05, 0) is 79.4 Å². The molecular weight excluding hydrogens is 503 g/mol. The number of para-hydroxylation sites is 2. The van der Waals surface area contributed by atoms with Crippen LogP contribution >= 0.6 is 11.6 Å². The molecular formula is C30H26ClFN4O2. The molecule has 2 aliphatic rings. The van der Waals surface area contributed by atoms with Gasteiger partial charge in [0.1, 0.15) is 18.4 Å². The SMILES string of the molecule is Cc1ccc(NC(=O)N(CC(=O)N2c3ccccc3-n3cccc3C2c2ccc(F)cc2)C2CC2)cc1Cl. The number of benzene rings is 3. The van der Waals surface area contributed by atoms with E-state index in [0.717, 1.165) is 41.0 Å². The van der Waals surface area contributed by atoms with Crippen molar-refractivity contribution in [2.24, 2.45) is 0 Å². The van der Waals surface area contributed by atoms with Gasteiger partial charge in [-0.15, -0.1) is 0 Å². The van der Waals surface area contributed by atoms with E-state index in [0.29, 0.717) is 10.7 Å². The summed E-state index contributed by atoms with van der Waals surface area (Å²) in [6.07, 6.45) is 3.65. The van der Waals surface area contributed by atoms with Crippen LogP contribution in [0.3, 0.4) is 0 Å². The summed E-state index contributed by atoms with van der Waals surface area (Å²) in [5.41, 5.74) is 4.77. The van der Waals surface area contributed by atoms with Crippen molar-refractivity contribution in [3.05, 3.63) is 113 Å². The number of urea groups is 1. The second-order valence-electron chi connectivity index (χ2n) is 9.76. The smallest absolute Gasteiger partial charge is 0.316 e. The highest BCUT2D eigenvalue weighted by Gasteiger charge is 2.40. The Bertz CT molecular complexity index is 1530. The van der Waals surface area contributed by atoms with Crippen molar-refractivity contribution in [1.82, 2.24) is 9.47 Å². The average Bonchev–Trinajstić information content (AvgIpc) is 3.64. The van der Waals surface area contributed by atoms with Crippen molar-refractivity contribution in [2.45, 2.75) is 31.8 Å². The monoisotopic (exact) mass is 528 g/mol. The summed E-state index contributed by atoms with van der Waals surface area (Å²) in [5.74, 6) is -0.561. The van der Waals surface area contributed by atoms with Crippen LogP contribution in [0.15, 0.2) is 85.1 Å². The zero-order valence-corrected chi connectivity index (χ0v) is 21.5.